The second-order valence-corrected chi connectivity index (χ2v) is 6.83. The predicted octanol–water partition coefficient (Wildman–Crippen LogP) is 4.93. The van der Waals surface area contributed by atoms with E-state index in [0.29, 0.717) is 6.10 Å². The van der Waals surface area contributed by atoms with Crippen molar-refractivity contribution in [2.24, 2.45) is 0 Å². The molecular weight excluding hydrogens is 310 g/mol. The van der Waals surface area contributed by atoms with Crippen LogP contribution < -0.4 is 0 Å². The number of rotatable bonds is 3. The molecule has 2 unspecified atom stereocenters. The molecule has 0 radical (unpaired) electrons. The molecule has 0 N–H and O–H groups in total. The number of benzene rings is 3. The molecule has 0 amide bonds. The van der Waals surface area contributed by atoms with Gasteiger partial charge in [-0.3, -0.25) is 0 Å². The van der Waals surface area contributed by atoms with Gasteiger partial charge in [-0.15, -0.1) is 0 Å². The van der Waals surface area contributed by atoms with E-state index in [1.807, 2.05) is 0 Å². The van der Waals surface area contributed by atoms with Crippen molar-refractivity contribution in [3.05, 3.63) is 77.9 Å². The minimum absolute atomic E-state index is 0.248. The van der Waals surface area contributed by atoms with Crippen molar-refractivity contribution < 1.29 is 9.47 Å². The summed E-state index contributed by atoms with van der Waals surface area (Å²) in [7, 11) is 0. The van der Waals surface area contributed by atoms with Crippen LogP contribution in [0.4, 0.5) is 0 Å². The molecule has 2 aliphatic heterocycles. The Bertz CT molecular complexity index is 1100. The zero-order valence-electron chi connectivity index (χ0n) is 13.7. The van der Waals surface area contributed by atoms with Crippen molar-refractivity contribution in [3.63, 3.8) is 0 Å². The van der Waals surface area contributed by atoms with Crippen LogP contribution in [0.15, 0.2) is 66.7 Å². The molecule has 122 valence electrons. The smallest absolute Gasteiger partial charge is 0.107 e. The molecule has 0 spiro atoms. The van der Waals surface area contributed by atoms with Gasteiger partial charge in [0.2, 0.25) is 0 Å². The van der Waals surface area contributed by atoms with E-state index in [2.05, 4.69) is 71.3 Å². The van der Waals surface area contributed by atoms with E-state index in [1.54, 1.807) is 0 Å². The second kappa shape index (κ2) is 4.94. The Balaban J connectivity index is 1.66. The summed E-state index contributed by atoms with van der Waals surface area (Å²) in [6.07, 6.45) is 0.545. The van der Waals surface area contributed by atoms with E-state index < -0.39 is 0 Å². The summed E-state index contributed by atoms with van der Waals surface area (Å²) in [6, 6.07) is 23.9. The van der Waals surface area contributed by atoms with Crippen molar-refractivity contribution in [2.45, 2.75) is 12.2 Å². The highest BCUT2D eigenvalue weighted by molar-refractivity contribution is 6.11. The lowest BCUT2D eigenvalue weighted by Crippen LogP contribution is -1.94. The maximum atomic E-state index is 5.59. The number of ether oxygens (including phenoxy) is 2. The SMILES string of the molecule is c1ccc2c(c1)c1c(C3CO3)cccc1n2-c1ccc(C2CO2)cc1. The minimum Gasteiger partial charge on any atom is -0.368 e. The number of hydrogen-bond acceptors (Lipinski definition) is 2. The third-order valence-corrected chi connectivity index (χ3v) is 5.27. The van der Waals surface area contributed by atoms with Gasteiger partial charge < -0.3 is 14.0 Å². The van der Waals surface area contributed by atoms with E-state index in [4.69, 9.17) is 9.47 Å². The highest BCUT2D eigenvalue weighted by Crippen LogP contribution is 2.41. The molecule has 2 aliphatic rings. The molecule has 3 heterocycles. The van der Waals surface area contributed by atoms with Crippen LogP contribution in [0.2, 0.25) is 0 Å². The van der Waals surface area contributed by atoms with Crippen molar-refractivity contribution in [1.29, 1.82) is 0 Å². The molecule has 1 aromatic heterocycles. The van der Waals surface area contributed by atoms with Crippen molar-refractivity contribution in [1.82, 2.24) is 4.57 Å². The fraction of sp³-hybridized carbons (Fsp3) is 0.182. The first-order valence-corrected chi connectivity index (χ1v) is 8.76. The monoisotopic (exact) mass is 327 g/mol. The summed E-state index contributed by atoms with van der Waals surface area (Å²) in [4.78, 5) is 0. The highest BCUT2D eigenvalue weighted by Gasteiger charge is 2.29. The number of fused-ring (bicyclic) bond motifs is 3. The maximum absolute atomic E-state index is 5.59. The van der Waals surface area contributed by atoms with Crippen LogP contribution in [-0.4, -0.2) is 17.8 Å². The first kappa shape index (κ1) is 13.6. The Labute approximate surface area is 145 Å². The van der Waals surface area contributed by atoms with Gasteiger partial charge in [0.05, 0.1) is 24.2 Å². The lowest BCUT2D eigenvalue weighted by molar-refractivity contribution is 0.415. The summed E-state index contributed by atoms with van der Waals surface area (Å²) in [5.74, 6) is 0. The lowest BCUT2D eigenvalue weighted by atomic mass is 10.0. The average Bonchev–Trinajstić information content (AvgIpc) is 3.56. The van der Waals surface area contributed by atoms with Crippen LogP contribution in [0, 0.1) is 0 Å². The molecule has 0 aliphatic carbocycles. The topological polar surface area (TPSA) is 30.0 Å². The van der Waals surface area contributed by atoms with E-state index in [9.17, 15) is 0 Å². The van der Waals surface area contributed by atoms with E-state index >= 15 is 0 Å². The third-order valence-electron chi connectivity index (χ3n) is 5.27. The number of hydrogen-bond donors (Lipinski definition) is 0. The van der Waals surface area contributed by atoms with Crippen LogP contribution in [0.3, 0.4) is 0 Å². The van der Waals surface area contributed by atoms with Gasteiger partial charge in [0.15, 0.2) is 0 Å². The Hall–Kier alpha value is -2.62. The quantitative estimate of drug-likeness (QED) is 0.500. The molecule has 2 fully saturated rings. The minimum atomic E-state index is 0.248. The zero-order valence-corrected chi connectivity index (χ0v) is 13.7. The van der Waals surface area contributed by atoms with E-state index in [0.717, 1.165) is 13.2 Å². The van der Waals surface area contributed by atoms with Gasteiger partial charge in [0.1, 0.15) is 12.2 Å². The molecule has 4 aromatic rings. The van der Waals surface area contributed by atoms with Crippen molar-refractivity contribution >= 4 is 21.8 Å². The number of epoxide rings is 2. The first-order chi connectivity index (χ1) is 12.4. The lowest BCUT2D eigenvalue weighted by Gasteiger charge is -2.09. The van der Waals surface area contributed by atoms with Gasteiger partial charge in [-0.1, -0.05) is 42.5 Å². The Morgan fingerprint density at radius 1 is 0.720 bits per heavy atom. The summed E-state index contributed by atoms with van der Waals surface area (Å²) >= 11 is 0. The van der Waals surface area contributed by atoms with Gasteiger partial charge in [0, 0.05) is 16.5 Å². The average molecular weight is 327 g/mol. The van der Waals surface area contributed by atoms with Crippen LogP contribution >= 0.6 is 0 Å². The molecule has 0 saturated carbocycles. The fourth-order valence-electron chi connectivity index (χ4n) is 3.90. The van der Waals surface area contributed by atoms with Gasteiger partial charge in [-0.05, 0) is 35.4 Å². The number of aromatic nitrogens is 1. The highest BCUT2D eigenvalue weighted by atomic mass is 16.6. The van der Waals surface area contributed by atoms with Crippen molar-refractivity contribution in [2.75, 3.05) is 13.2 Å². The van der Waals surface area contributed by atoms with Crippen LogP contribution in [0.5, 0.6) is 0 Å². The molecule has 3 aromatic carbocycles. The normalized spacial score (nSPS) is 21.8. The van der Waals surface area contributed by atoms with Gasteiger partial charge >= 0.3 is 0 Å². The Morgan fingerprint density at radius 3 is 2.20 bits per heavy atom. The second-order valence-electron chi connectivity index (χ2n) is 6.83. The molecule has 2 saturated heterocycles. The van der Waals surface area contributed by atoms with E-state index in [1.165, 1.54) is 38.6 Å². The van der Waals surface area contributed by atoms with Gasteiger partial charge in [-0.25, -0.2) is 0 Å². The van der Waals surface area contributed by atoms with Crippen LogP contribution in [0.25, 0.3) is 27.5 Å². The first-order valence-electron chi connectivity index (χ1n) is 8.76. The molecule has 25 heavy (non-hydrogen) atoms. The fourth-order valence-corrected chi connectivity index (χ4v) is 3.90. The molecule has 6 rings (SSSR count). The number of nitrogens with zero attached hydrogens (tertiary/aromatic N) is 1. The standard InChI is InChI=1S/C22H17NO2/c1-2-6-18-16(4-1)22-17(21-13-25-21)5-3-7-19(22)23(18)15-10-8-14(9-11-15)20-12-24-20/h1-11,20-21H,12-13H2. The Kier molecular flexibility index (Phi) is 2.70. The maximum Gasteiger partial charge on any atom is 0.107 e. The summed E-state index contributed by atoms with van der Waals surface area (Å²) in [5.41, 5.74) is 6.22. The molecule has 3 heteroatoms. The summed E-state index contributed by atoms with van der Waals surface area (Å²) < 4.78 is 13.3. The summed E-state index contributed by atoms with van der Waals surface area (Å²) in [5, 5.41) is 2.61. The number of para-hydroxylation sites is 1. The summed E-state index contributed by atoms with van der Waals surface area (Å²) in [6.45, 7) is 1.67. The third kappa shape index (κ3) is 2.06. The van der Waals surface area contributed by atoms with Crippen LogP contribution in [-0.2, 0) is 9.47 Å². The van der Waals surface area contributed by atoms with Gasteiger partial charge in [-0.2, -0.15) is 0 Å². The predicted molar refractivity (Wildman–Crippen MR) is 98.2 cm³/mol. The Morgan fingerprint density at radius 2 is 1.44 bits per heavy atom. The van der Waals surface area contributed by atoms with Gasteiger partial charge in [0.25, 0.3) is 0 Å². The molecular formula is C22H17NO2. The van der Waals surface area contributed by atoms with E-state index in [-0.39, 0.29) is 6.10 Å². The largest absolute Gasteiger partial charge is 0.368 e. The van der Waals surface area contributed by atoms with Crippen LogP contribution in [0.1, 0.15) is 23.3 Å². The molecule has 2 atom stereocenters. The zero-order chi connectivity index (χ0) is 16.4. The molecule has 0 bridgehead atoms. The molecule has 3 nitrogen and oxygen atoms in total. The van der Waals surface area contributed by atoms with Crippen molar-refractivity contribution in [3.8, 4) is 5.69 Å².